The highest BCUT2D eigenvalue weighted by Crippen LogP contribution is 2.16. The highest BCUT2D eigenvalue weighted by molar-refractivity contribution is 5.32. The molecule has 0 saturated heterocycles. The van der Waals surface area contributed by atoms with Crippen molar-refractivity contribution in [3.05, 3.63) is 71.3 Å². The van der Waals surface area contributed by atoms with Crippen LogP contribution in [-0.4, -0.2) is 23.8 Å². The third-order valence-electron chi connectivity index (χ3n) is 3.26. The maximum absolute atomic E-state index is 10.3. The first-order chi connectivity index (χ1) is 10.2. The van der Waals surface area contributed by atoms with E-state index in [4.69, 9.17) is 10.1 Å². The molecule has 1 unspecified atom stereocenters. The van der Waals surface area contributed by atoms with E-state index in [0.29, 0.717) is 18.7 Å². The summed E-state index contributed by atoms with van der Waals surface area (Å²) in [6, 6.07) is 18.9. The summed E-state index contributed by atoms with van der Waals surface area (Å²) >= 11 is 0. The summed E-state index contributed by atoms with van der Waals surface area (Å²) in [4.78, 5) is 5.31. The van der Waals surface area contributed by atoms with Crippen LogP contribution >= 0.6 is 0 Å². The van der Waals surface area contributed by atoms with Gasteiger partial charge in [0.1, 0.15) is 0 Å². The maximum Gasteiger partial charge on any atom is 0.0991 e. The molecule has 4 nitrogen and oxygen atoms in total. The molecule has 0 bridgehead atoms. The predicted octanol–water partition coefficient (Wildman–Crippen LogP) is 2.66. The fourth-order valence-corrected chi connectivity index (χ4v) is 2.07. The standard InChI is InChI=1S/C17H18N2O2/c1-21-19(12-15-5-3-2-4-6-15)13-17(20)16-9-7-14(11-18)8-10-16/h2-10,17,20H,12-13H2,1H3. The molecule has 108 valence electrons. The first-order valence-electron chi connectivity index (χ1n) is 6.74. The Labute approximate surface area is 124 Å². The van der Waals surface area contributed by atoms with Crippen molar-refractivity contribution in [1.82, 2.24) is 5.06 Å². The topological polar surface area (TPSA) is 56.5 Å². The van der Waals surface area contributed by atoms with Crippen LogP contribution < -0.4 is 0 Å². The molecule has 2 aromatic carbocycles. The van der Waals surface area contributed by atoms with Gasteiger partial charge < -0.3 is 9.94 Å². The van der Waals surface area contributed by atoms with E-state index in [1.54, 1.807) is 36.4 Å². The first kappa shape index (κ1) is 15.2. The summed E-state index contributed by atoms with van der Waals surface area (Å²) in [5.74, 6) is 0. The molecule has 2 rings (SSSR count). The third-order valence-corrected chi connectivity index (χ3v) is 3.26. The van der Waals surface area contributed by atoms with Crippen molar-refractivity contribution < 1.29 is 9.94 Å². The lowest BCUT2D eigenvalue weighted by atomic mass is 10.1. The van der Waals surface area contributed by atoms with Gasteiger partial charge in [0.25, 0.3) is 0 Å². The molecule has 2 aromatic rings. The number of aliphatic hydroxyl groups is 1. The number of hydroxylamine groups is 2. The fourth-order valence-electron chi connectivity index (χ4n) is 2.07. The van der Waals surface area contributed by atoms with Crippen molar-refractivity contribution in [2.75, 3.05) is 13.7 Å². The lowest BCUT2D eigenvalue weighted by Crippen LogP contribution is -2.27. The minimum atomic E-state index is -0.665. The molecule has 1 atom stereocenters. The summed E-state index contributed by atoms with van der Waals surface area (Å²) < 4.78 is 0. The van der Waals surface area contributed by atoms with Crippen LogP contribution in [0.2, 0.25) is 0 Å². The SMILES string of the molecule is CON(Cc1ccccc1)CC(O)c1ccc(C#N)cc1. The van der Waals surface area contributed by atoms with Crippen LogP contribution in [0.1, 0.15) is 22.8 Å². The average molecular weight is 282 g/mol. The largest absolute Gasteiger partial charge is 0.387 e. The fraction of sp³-hybridized carbons (Fsp3) is 0.235. The van der Waals surface area contributed by atoms with Gasteiger partial charge in [-0.25, -0.2) is 0 Å². The molecule has 0 amide bonds. The molecule has 0 aliphatic heterocycles. The number of aliphatic hydroxyl groups excluding tert-OH is 1. The zero-order valence-electron chi connectivity index (χ0n) is 11.9. The highest BCUT2D eigenvalue weighted by Gasteiger charge is 2.14. The zero-order valence-corrected chi connectivity index (χ0v) is 11.9. The molecule has 0 aromatic heterocycles. The quantitative estimate of drug-likeness (QED) is 0.828. The van der Waals surface area contributed by atoms with E-state index >= 15 is 0 Å². The minimum Gasteiger partial charge on any atom is -0.387 e. The molecule has 0 heterocycles. The monoisotopic (exact) mass is 282 g/mol. The molecule has 21 heavy (non-hydrogen) atoms. The van der Waals surface area contributed by atoms with Crippen molar-refractivity contribution in [3.8, 4) is 6.07 Å². The second-order valence-electron chi connectivity index (χ2n) is 4.74. The van der Waals surface area contributed by atoms with Gasteiger partial charge in [-0.15, -0.1) is 0 Å². The van der Waals surface area contributed by atoms with Gasteiger partial charge >= 0.3 is 0 Å². The molecule has 0 spiro atoms. The van der Waals surface area contributed by atoms with Gasteiger partial charge in [0.2, 0.25) is 0 Å². The number of benzene rings is 2. The van der Waals surface area contributed by atoms with E-state index in [9.17, 15) is 5.11 Å². The summed E-state index contributed by atoms with van der Waals surface area (Å²) in [6.07, 6.45) is -0.665. The molecular formula is C17H18N2O2. The summed E-state index contributed by atoms with van der Waals surface area (Å²) in [5.41, 5.74) is 2.47. The van der Waals surface area contributed by atoms with E-state index < -0.39 is 6.10 Å². The van der Waals surface area contributed by atoms with Crippen LogP contribution in [0.3, 0.4) is 0 Å². The van der Waals surface area contributed by atoms with Crippen molar-refractivity contribution in [2.24, 2.45) is 0 Å². The maximum atomic E-state index is 10.3. The van der Waals surface area contributed by atoms with Crippen LogP contribution in [0.4, 0.5) is 0 Å². The van der Waals surface area contributed by atoms with Crippen molar-refractivity contribution in [1.29, 1.82) is 5.26 Å². The average Bonchev–Trinajstić information content (AvgIpc) is 2.55. The van der Waals surface area contributed by atoms with Gasteiger partial charge in [0.05, 0.1) is 31.4 Å². The first-order valence-corrected chi connectivity index (χ1v) is 6.74. The minimum absolute atomic E-state index is 0.358. The van der Waals surface area contributed by atoms with Gasteiger partial charge in [0.15, 0.2) is 0 Å². The number of nitrogens with zero attached hydrogens (tertiary/aromatic N) is 2. The van der Waals surface area contributed by atoms with Crippen LogP contribution in [0.25, 0.3) is 0 Å². The molecule has 0 saturated carbocycles. The third kappa shape index (κ3) is 4.40. The van der Waals surface area contributed by atoms with Gasteiger partial charge in [0, 0.05) is 6.54 Å². The molecule has 0 fully saturated rings. The van der Waals surface area contributed by atoms with Gasteiger partial charge in [-0.2, -0.15) is 10.3 Å². The van der Waals surface area contributed by atoms with E-state index in [-0.39, 0.29) is 0 Å². The van der Waals surface area contributed by atoms with Crippen molar-refractivity contribution in [2.45, 2.75) is 12.6 Å². The number of rotatable bonds is 6. The van der Waals surface area contributed by atoms with Crippen molar-refractivity contribution in [3.63, 3.8) is 0 Å². The number of hydrogen-bond acceptors (Lipinski definition) is 4. The Bertz CT molecular complexity index is 590. The smallest absolute Gasteiger partial charge is 0.0991 e. The lowest BCUT2D eigenvalue weighted by Gasteiger charge is -2.23. The second-order valence-corrected chi connectivity index (χ2v) is 4.74. The van der Waals surface area contributed by atoms with Gasteiger partial charge in [-0.1, -0.05) is 42.5 Å². The van der Waals surface area contributed by atoms with Gasteiger partial charge in [-0.05, 0) is 23.3 Å². The van der Waals surface area contributed by atoms with E-state index in [1.165, 1.54) is 0 Å². The molecule has 0 aliphatic rings. The van der Waals surface area contributed by atoms with Crippen LogP contribution in [0, 0.1) is 11.3 Å². The Morgan fingerprint density at radius 1 is 1.14 bits per heavy atom. The van der Waals surface area contributed by atoms with Crippen LogP contribution in [0.15, 0.2) is 54.6 Å². The van der Waals surface area contributed by atoms with Gasteiger partial charge in [-0.3, -0.25) is 0 Å². The highest BCUT2D eigenvalue weighted by atomic mass is 16.7. The second kappa shape index (κ2) is 7.55. The number of hydrogen-bond donors (Lipinski definition) is 1. The normalized spacial score (nSPS) is 12.1. The Balaban J connectivity index is 1.98. The predicted molar refractivity (Wildman–Crippen MR) is 80.0 cm³/mol. The van der Waals surface area contributed by atoms with Crippen LogP contribution in [-0.2, 0) is 11.4 Å². The van der Waals surface area contributed by atoms with Crippen LogP contribution in [0.5, 0.6) is 0 Å². The zero-order chi connectivity index (χ0) is 15.1. The number of nitriles is 1. The summed E-state index contributed by atoms with van der Waals surface area (Å²) in [5, 5.41) is 20.7. The molecule has 4 heteroatoms. The van der Waals surface area contributed by atoms with E-state index in [1.807, 2.05) is 30.3 Å². The Hall–Kier alpha value is -2.19. The summed E-state index contributed by atoms with van der Waals surface area (Å²) in [6.45, 7) is 0.960. The molecule has 0 radical (unpaired) electrons. The molecular weight excluding hydrogens is 264 g/mol. The summed E-state index contributed by atoms with van der Waals surface area (Å²) in [7, 11) is 1.59. The molecule has 0 aliphatic carbocycles. The lowest BCUT2D eigenvalue weighted by molar-refractivity contribution is -0.156. The van der Waals surface area contributed by atoms with Crippen molar-refractivity contribution >= 4 is 0 Å². The van der Waals surface area contributed by atoms with E-state index in [2.05, 4.69) is 6.07 Å². The Morgan fingerprint density at radius 3 is 2.38 bits per heavy atom. The van der Waals surface area contributed by atoms with E-state index in [0.717, 1.165) is 11.1 Å². The molecule has 1 N–H and O–H groups in total. The Kier molecular flexibility index (Phi) is 5.47. The Morgan fingerprint density at radius 2 is 1.81 bits per heavy atom.